The molecule has 0 saturated heterocycles. The Bertz CT molecular complexity index is 408. The summed E-state index contributed by atoms with van der Waals surface area (Å²) in [6.07, 6.45) is -1.47. The van der Waals surface area contributed by atoms with Crippen LogP contribution in [0.25, 0.3) is 0 Å². The van der Waals surface area contributed by atoms with Crippen LogP contribution >= 0.6 is 0 Å². The van der Waals surface area contributed by atoms with E-state index in [1.165, 1.54) is 0 Å². The van der Waals surface area contributed by atoms with E-state index in [0.717, 1.165) is 0 Å². The van der Waals surface area contributed by atoms with Crippen LogP contribution < -0.4 is 22.7 Å². The Balaban J connectivity index is 4.26. The van der Waals surface area contributed by atoms with Gasteiger partial charge in [0.1, 0.15) is 11.4 Å². The Hall–Kier alpha value is -1.84. The van der Waals surface area contributed by atoms with Gasteiger partial charge in [-0.1, -0.05) is 13.8 Å². The van der Waals surface area contributed by atoms with Crippen molar-refractivity contribution in [3.8, 4) is 0 Å². The Morgan fingerprint density at radius 1 is 1.33 bits per heavy atom. The highest BCUT2D eigenvalue weighted by atomic mass is 16.8. The average Bonchev–Trinajstić information content (AvgIpc) is 2.42. The minimum atomic E-state index is -1.40. The lowest BCUT2D eigenvalue weighted by Gasteiger charge is -2.26. The Morgan fingerprint density at radius 3 is 2.38 bits per heavy atom. The van der Waals surface area contributed by atoms with Crippen molar-refractivity contribution < 1.29 is 23.9 Å². The number of allylic oxidation sites excluding steroid dienone is 1. The monoisotopic (exact) mass is 304 g/mol. The van der Waals surface area contributed by atoms with Crippen LogP contribution in [0.15, 0.2) is 11.3 Å². The number of rotatable bonds is 6. The molecular formula is C12H24N4O5. The first-order valence-electron chi connectivity index (χ1n) is 6.48. The van der Waals surface area contributed by atoms with E-state index in [-0.39, 0.29) is 5.70 Å². The van der Waals surface area contributed by atoms with Crippen molar-refractivity contribution in [2.45, 2.75) is 52.7 Å². The van der Waals surface area contributed by atoms with Crippen molar-refractivity contribution >= 4 is 12.1 Å². The van der Waals surface area contributed by atoms with Gasteiger partial charge in [0.15, 0.2) is 0 Å². The quantitative estimate of drug-likeness (QED) is 0.307. The molecule has 0 aromatic heterocycles. The molecule has 0 rings (SSSR count). The molecule has 21 heavy (non-hydrogen) atoms. The molecule has 9 nitrogen and oxygen atoms in total. The molecule has 0 aromatic carbocycles. The van der Waals surface area contributed by atoms with Crippen LogP contribution in [0, 0.1) is 0 Å². The van der Waals surface area contributed by atoms with Crippen LogP contribution in [-0.2, 0) is 19.1 Å². The molecule has 0 spiro atoms. The molecular weight excluding hydrogens is 280 g/mol. The maximum atomic E-state index is 11.5. The highest BCUT2D eigenvalue weighted by Gasteiger charge is 2.23. The molecule has 2 atom stereocenters. The van der Waals surface area contributed by atoms with Crippen LogP contribution in [-0.4, -0.2) is 24.2 Å². The van der Waals surface area contributed by atoms with Crippen molar-refractivity contribution in [3.05, 3.63) is 11.3 Å². The topological polar surface area (TPSA) is 152 Å². The molecule has 0 aliphatic carbocycles. The van der Waals surface area contributed by atoms with Gasteiger partial charge in [-0.05, 0) is 32.3 Å². The molecule has 0 saturated carbocycles. The molecule has 0 fully saturated rings. The van der Waals surface area contributed by atoms with E-state index < -0.39 is 24.2 Å². The Labute approximate surface area is 123 Å². The van der Waals surface area contributed by atoms with Crippen molar-refractivity contribution in [2.24, 2.45) is 17.2 Å². The van der Waals surface area contributed by atoms with Gasteiger partial charge in [0.2, 0.25) is 0 Å². The van der Waals surface area contributed by atoms with E-state index in [1.54, 1.807) is 26.3 Å². The molecule has 0 radical (unpaired) electrons. The van der Waals surface area contributed by atoms with Gasteiger partial charge < -0.3 is 25.8 Å². The van der Waals surface area contributed by atoms with E-state index in [9.17, 15) is 9.59 Å². The highest BCUT2D eigenvalue weighted by Crippen LogP contribution is 2.09. The first-order chi connectivity index (χ1) is 9.62. The second-order valence-electron chi connectivity index (χ2n) is 4.60. The average molecular weight is 304 g/mol. The van der Waals surface area contributed by atoms with Gasteiger partial charge in [-0.25, -0.2) is 9.59 Å². The smallest absolute Gasteiger partial charge is 0.403 e. The summed E-state index contributed by atoms with van der Waals surface area (Å²) in [5, 5.41) is 0. The third kappa shape index (κ3) is 7.49. The zero-order valence-electron chi connectivity index (χ0n) is 12.8. The normalized spacial score (nSPS) is 16.3. The maximum Gasteiger partial charge on any atom is 0.444 e. The van der Waals surface area contributed by atoms with Gasteiger partial charge in [0, 0.05) is 0 Å². The van der Waals surface area contributed by atoms with Crippen molar-refractivity contribution in [1.82, 2.24) is 5.48 Å². The molecule has 7 N–H and O–H groups in total. The molecule has 1 amide bonds. The number of nitrogens with one attached hydrogen (secondary N) is 1. The summed E-state index contributed by atoms with van der Waals surface area (Å²) in [6, 6.07) is 0. The molecule has 122 valence electrons. The van der Waals surface area contributed by atoms with E-state index in [4.69, 9.17) is 21.9 Å². The lowest BCUT2D eigenvalue weighted by Crippen LogP contribution is -2.47. The second kappa shape index (κ2) is 8.45. The summed E-state index contributed by atoms with van der Waals surface area (Å²) in [5.41, 5.74) is 17.9. The first-order valence-corrected chi connectivity index (χ1v) is 6.48. The fourth-order valence-corrected chi connectivity index (χ4v) is 1.01. The molecule has 9 heteroatoms. The Morgan fingerprint density at radius 2 is 1.90 bits per heavy atom. The number of carbonyl (C=O) groups excluding carboxylic acids is 2. The van der Waals surface area contributed by atoms with E-state index in [2.05, 4.69) is 9.57 Å². The third-order valence-electron chi connectivity index (χ3n) is 2.75. The molecule has 2 unspecified atom stereocenters. The summed E-state index contributed by atoms with van der Waals surface area (Å²) in [4.78, 5) is 27.2. The largest absolute Gasteiger partial charge is 0.444 e. The SMILES string of the molecule is CC/C(C)=C(/N)C(=O)ONC(=O)OC(N)OC(C)(N)CC. The van der Waals surface area contributed by atoms with Crippen LogP contribution in [0.2, 0.25) is 0 Å². The van der Waals surface area contributed by atoms with Gasteiger partial charge in [0.25, 0.3) is 6.41 Å². The first kappa shape index (κ1) is 19.2. The van der Waals surface area contributed by atoms with Crippen LogP contribution in [0.5, 0.6) is 0 Å². The predicted molar refractivity (Wildman–Crippen MR) is 74.8 cm³/mol. The minimum Gasteiger partial charge on any atom is -0.403 e. The van der Waals surface area contributed by atoms with Gasteiger partial charge >= 0.3 is 12.1 Å². The number of carbonyl (C=O) groups is 2. The summed E-state index contributed by atoms with van der Waals surface area (Å²) in [7, 11) is 0. The van der Waals surface area contributed by atoms with Crippen LogP contribution in [0.4, 0.5) is 4.79 Å². The molecule has 0 heterocycles. The van der Waals surface area contributed by atoms with Crippen LogP contribution in [0.3, 0.4) is 0 Å². The highest BCUT2D eigenvalue weighted by molar-refractivity contribution is 5.88. The lowest BCUT2D eigenvalue weighted by atomic mass is 10.2. The molecule has 0 bridgehead atoms. The fraction of sp³-hybridized carbons (Fsp3) is 0.667. The zero-order chi connectivity index (χ0) is 16.6. The van der Waals surface area contributed by atoms with E-state index >= 15 is 0 Å². The second-order valence-corrected chi connectivity index (χ2v) is 4.60. The van der Waals surface area contributed by atoms with Crippen molar-refractivity contribution in [3.63, 3.8) is 0 Å². The molecule has 0 aliphatic heterocycles. The number of ether oxygens (including phenoxy) is 2. The zero-order valence-corrected chi connectivity index (χ0v) is 12.8. The number of hydrogen-bond donors (Lipinski definition) is 4. The van der Waals surface area contributed by atoms with Gasteiger partial charge in [-0.15, -0.1) is 5.48 Å². The molecule has 0 aliphatic rings. The predicted octanol–water partition coefficient (Wildman–Crippen LogP) is 0.157. The fourth-order valence-electron chi connectivity index (χ4n) is 1.01. The minimum absolute atomic E-state index is 0.0844. The summed E-state index contributed by atoms with van der Waals surface area (Å²) >= 11 is 0. The maximum absolute atomic E-state index is 11.5. The van der Waals surface area contributed by atoms with Gasteiger partial charge in [-0.2, -0.15) is 0 Å². The number of amides is 1. The summed E-state index contributed by atoms with van der Waals surface area (Å²) in [6.45, 7) is 6.85. The van der Waals surface area contributed by atoms with Crippen molar-refractivity contribution in [2.75, 3.05) is 0 Å². The van der Waals surface area contributed by atoms with Crippen molar-refractivity contribution in [1.29, 1.82) is 0 Å². The lowest BCUT2D eigenvalue weighted by molar-refractivity contribution is -0.181. The van der Waals surface area contributed by atoms with Crippen LogP contribution in [0.1, 0.15) is 40.5 Å². The summed E-state index contributed by atoms with van der Waals surface area (Å²) in [5.74, 6) is -0.891. The van der Waals surface area contributed by atoms with E-state index in [1.807, 2.05) is 6.92 Å². The molecule has 0 aromatic rings. The standard InChI is InChI=1S/C12H24N4O5/c1-5-7(3)8(13)9(17)21-16-11(18)19-10(14)20-12(4,15)6-2/h10H,5-6,13-15H2,1-4H3,(H,16,18)/b8-7+. The van der Waals surface area contributed by atoms with Gasteiger partial charge in [0.05, 0.1) is 0 Å². The van der Waals surface area contributed by atoms with E-state index in [0.29, 0.717) is 18.4 Å². The number of nitrogens with two attached hydrogens (primary N) is 3. The number of hydroxylamine groups is 1. The Kier molecular flexibility index (Phi) is 7.71. The third-order valence-corrected chi connectivity index (χ3v) is 2.75. The summed E-state index contributed by atoms with van der Waals surface area (Å²) < 4.78 is 9.66. The van der Waals surface area contributed by atoms with Gasteiger partial charge in [-0.3, -0.25) is 5.73 Å². The number of hydrogen-bond acceptors (Lipinski definition) is 8.